The molecule has 1 heterocycles. The molecule has 0 atom stereocenters. The lowest BCUT2D eigenvalue weighted by atomic mass is 9.51. The van der Waals surface area contributed by atoms with E-state index in [0.29, 0.717) is 28.5 Å². The second-order valence-electron chi connectivity index (χ2n) is 7.98. The Kier molecular flexibility index (Phi) is 3.37. The molecule has 4 aliphatic carbocycles. The van der Waals surface area contributed by atoms with Gasteiger partial charge in [-0.25, -0.2) is 0 Å². The quantitative estimate of drug-likeness (QED) is 0.863. The highest BCUT2D eigenvalue weighted by molar-refractivity contribution is 6.31. The van der Waals surface area contributed by atoms with Crippen molar-refractivity contribution < 1.29 is 9.21 Å². The SMILES string of the molecule is O=C(CC1C2CC3CC(C2)CC1C3)Nc1nc2cc(Cl)ccc2o1. The van der Waals surface area contributed by atoms with Crippen LogP contribution in [0.4, 0.5) is 6.01 Å². The van der Waals surface area contributed by atoms with Crippen LogP contribution in [0.25, 0.3) is 11.1 Å². The molecule has 0 saturated heterocycles. The molecule has 24 heavy (non-hydrogen) atoms. The van der Waals surface area contributed by atoms with Gasteiger partial charge in [-0.2, -0.15) is 4.98 Å². The maximum atomic E-state index is 12.5. The number of carbonyl (C=O) groups is 1. The van der Waals surface area contributed by atoms with E-state index >= 15 is 0 Å². The average Bonchev–Trinajstić information content (AvgIpc) is 2.91. The van der Waals surface area contributed by atoms with Gasteiger partial charge in [0, 0.05) is 11.4 Å². The Morgan fingerprint density at radius 1 is 1.17 bits per heavy atom. The molecule has 6 rings (SSSR count). The topological polar surface area (TPSA) is 55.1 Å². The van der Waals surface area contributed by atoms with Gasteiger partial charge in [-0.3, -0.25) is 10.1 Å². The van der Waals surface area contributed by atoms with Crippen LogP contribution in [0.2, 0.25) is 5.02 Å². The van der Waals surface area contributed by atoms with Gasteiger partial charge in [-0.1, -0.05) is 11.6 Å². The minimum Gasteiger partial charge on any atom is -0.423 e. The lowest BCUT2D eigenvalue weighted by molar-refractivity contribution is -0.121. The van der Waals surface area contributed by atoms with Crippen molar-refractivity contribution in [3.8, 4) is 0 Å². The molecule has 4 nitrogen and oxygen atoms in total. The van der Waals surface area contributed by atoms with Gasteiger partial charge in [0.2, 0.25) is 5.91 Å². The van der Waals surface area contributed by atoms with E-state index in [4.69, 9.17) is 16.0 Å². The monoisotopic (exact) mass is 344 g/mol. The van der Waals surface area contributed by atoms with Crippen molar-refractivity contribution in [2.45, 2.75) is 38.5 Å². The van der Waals surface area contributed by atoms with Crippen LogP contribution in [0, 0.1) is 29.6 Å². The van der Waals surface area contributed by atoms with E-state index in [1.807, 2.05) is 0 Å². The van der Waals surface area contributed by atoms with Gasteiger partial charge in [-0.15, -0.1) is 0 Å². The van der Waals surface area contributed by atoms with Crippen LogP contribution < -0.4 is 5.32 Å². The van der Waals surface area contributed by atoms with Gasteiger partial charge >= 0.3 is 6.01 Å². The number of nitrogens with zero attached hydrogens (tertiary/aromatic N) is 1. The second-order valence-corrected chi connectivity index (χ2v) is 8.41. The van der Waals surface area contributed by atoms with Crippen molar-refractivity contribution in [2.24, 2.45) is 29.6 Å². The zero-order chi connectivity index (χ0) is 16.3. The van der Waals surface area contributed by atoms with Crippen LogP contribution >= 0.6 is 11.6 Å². The van der Waals surface area contributed by atoms with E-state index in [1.165, 1.54) is 32.1 Å². The number of benzene rings is 1. The summed E-state index contributed by atoms with van der Waals surface area (Å²) in [4.78, 5) is 16.8. The molecule has 126 valence electrons. The van der Waals surface area contributed by atoms with Crippen molar-refractivity contribution in [1.29, 1.82) is 0 Å². The van der Waals surface area contributed by atoms with Crippen molar-refractivity contribution in [1.82, 2.24) is 4.98 Å². The number of nitrogens with one attached hydrogen (secondary N) is 1. The maximum absolute atomic E-state index is 12.5. The minimum atomic E-state index is 0.0325. The van der Waals surface area contributed by atoms with E-state index in [2.05, 4.69) is 10.3 Å². The summed E-state index contributed by atoms with van der Waals surface area (Å²) < 4.78 is 5.60. The molecule has 0 unspecified atom stereocenters. The highest BCUT2D eigenvalue weighted by Gasteiger charge is 2.48. The molecule has 0 aliphatic heterocycles. The van der Waals surface area contributed by atoms with Crippen molar-refractivity contribution in [3.05, 3.63) is 23.2 Å². The fourth-order valence-corrected chi connectivity index (χ4v) is 5.88. The lowest BCUT2D eigenvalue weighted by Crippen LogP contribution is -2.46. The summed E-state index contributed by atoms with van der Waals surface area (Å²) in [5.41, 5.74) is 1.32. The number of rotatable bonds is 3. The Balaban J connectivity index is 1.28. The number of fused-ring (bicyclic) bond motifs is 1. The summed E-state index contributed by atoms with van der Waals surface area (Å²) in [5.74, 6) is 3.98. The first-order chi connectivity index (χ1) is 11.6. The summed E-state index contributed by atoms with van der Waals surface area (Å²) >= 11 is 5.96. The van der Waals surface area contributed by atoms with Gasteiger partial charge < -0.3 is 4.42 Å². The van der Waals surface area contributed by atoms with Crippen molar-refractivity contribution in [2.75, 3.05) is 5.32 Å². The molecule has 4 saturated carbocycles. The summed E-state index contributed by atoms with van der Waals surface area (Å²) in [6, 6.07) is 5.56. The first-order valence-corrected chi connectivity index (χ1v) is 9.38. The molecule has 4 bridgehead atoms. The molecule has 1 N–H and O–H groups in total. The lowest BCUT2D eigenvalue weighted by Gasteiger charge is -2.54. The molecular formula is C19H21ClN2O2. The Bertz CT molecular complexity index is 772. The summed E-state index contributed by atoms with van der Waals surface area (Å²) in [5, 5.41) is 3.46. The van der Waals surface area contributed by atoms with Crippen LogP contribution in [0.15, 0.2) is 22.6 Å². The second kappa shape index (κ2) is 5.48. The van der Waals surface area contributed by atoms with Crippen LogP contribution in [-0.4, -0.2) is 10.9 Å². The Labute approximate surface area is 146 Å². The fourth-order valence-electron chi connectivity index (χ4n) is 5.71. The predicted octanol–water partition coefficient (Wildman–Crippen LogP) is 4.88. The standard InChI is InChI=1S/C19H21ClN2O2/c20-14-1-2-17-16(8-14)21-19(24-17)22-18(23)9-15-12-4-10-3-11(6-12)7-13(15)5-10/h1-2,8,10-13,15H,3-7,9H2,(H,21,22,23). The summed E-state index contributed by atoms with van der Waals surface area (Å²) in [6.45, 7) is 0. The Morgan fingerprint density at radius 3 is 2.58 bits per heavy atom. The van der Waals surface area contributed by atoms with Crippen molar-refractivity contribution in [3.63, 3.8) is 0 Å². The maximum Gasteiger partial charge on any atom is 0.302 e. The van der Waals surface area contributed by atoms with Crippen LogP contribution in [0.5, 0.6) is 0 Å². The molecule has 0 radical (unpaired) electrons. The third kappa shape index (κ3) is 2.52. The number of carbonyl (C=O) groups excluding carboxylic acids is 1. The number of halogens is 1. The molecular weight excluding hydrogens is 324 g/mol. The van der Waals surface area contributed by atoms with E-state index in [9.17, 15) is 4.79 Å². The van der Waals surface area contributed by atoms with E-state index in [-0.39, 0.29) is 11.9 Å². The molecule has 5 heteroatoms. The number of amides is 1. The molecule has 1 amide bonds. The fraction of sp³-hybridized carbons (Fsp3) is 0.579. The van der Waals surface area contributed by atoms with E-state index in [1.54, 1.807) is 18.2 Å². The average molecular weight is 345 g/mol. The smallest absolute Gasteiger partial charge is 0.302 e. The molecule has 4 fully saturated rings. The van der Waals surface area contributed by atoms with Crippen LogP contribution in [-0.2, 0) is 4.79 Å². The third-order valence-electron chi connectivity index (χ3n) is 6.44. The van der Waals surface area contributed by atoms with Gasteiger partial charge in [0.25, 0.3) is 0 Å². The number of oxazole rings is 1. The Hall–Kier alpha value is -1.55. The molecule has 4 aliphatic rings. The number of anilines is 1. The highest BCUT2D eigenvalue weighted by Crippen LogP contribution is 2.57. The number of hydrogen-bond acceptors (Lipinski definition) is 3. The molecule has 0 spiro atoms. The van der Waals surface area contributed by atoms with Crippen LogP contribution in [0.1, 0.15) is 38.5 Å². The van der Waals surface area contributed by atoms with Crippen LogP contribution in [0.3, 0.4) is 0 Å². The zero-order valence-corrected chi connectivity index (χ0v) is 14.3. The first kappa shape index (κ1) is 14.8. The van der Waals surface area contributed by atoms with Crippen molar-refractivity contribution >= 4 is 34.6 Å². The molecule has 1 aromatic carbocycles. The van der Waals surface area contributed by atoms with E-state index < -0.39 is 0 Å². The summed E-state index contributed by atoms with van der Waals surface area (Å²) in [6.07, 6.45) is 7.41. The number of hydrogen-bond donors (Lipinski definition) is 1. The first-order valence-electron chi connectivity index (χ1n) is 9.00. The normalized spacial score (nSPS) is 34.0. The highest BCUT2D eigenvalue weighted by atomic mass is 35.5. The van der Waals surface area contributed by atoms with Gasteiger partial charge in [0.05, 0.1) is 0 Å². The molecule has 1 aromatic heterocycles. The third-order valence-corrected chi connectivity index (χ3v) is 6.67. The van der Waals surface area contributed by atoms with Gasteiger partial charge in [-0.05, 0) is 79.9 Å². The predicted molar refractivity (Wildman–Crippen MR) is 92.8 cm³/mol. The van der Waals surface area contributed by atoms with E-state index in [0.717, 1.165) is 23.7 Å². The number of aromatic nitrogens is 1. The Morgan fingerprint density at radius 2 is 1.88 bits per heavy atom. The van der Waals surface area contributed by atoms with Gasteiger partial charge in [0.1, 0.15) is 5.52 Å². The van der Waals surface area contributed by atoms with Gasteiger partial charge in [0.15, 0.2) is 5.58 Å². The summed E-state index contributed by atoms with van der Waals surface area (Å²) in [7, 11) is 0. The largest absolute Gasteiger partial charge is 0.423 e. The molecule has 2 aromatic rings. The zero-order valence-electron chi connectivity index (χ0n) is 13.5. The minimum absolute atomic E-state index is 0.0325.